The van der Waals surface area contributed by atoms with Crippen molar-refractivity contribution >= 4 is 22.5 Å². The molecule has 0 amide bonds. The topological polar surface area (TPSA) is 49.9 Å². The molecule has 3 nitrogen and oxygen atoms in total. The second kappa shape index (κ2) is 4.53. The van der Waals surface area contributed by atoms with E-state index in [1.807, 2.05) is 30.3 Å². The van der Waals surface area contributed by atoms with E-state index in [2.05, 4.69) is 4.98 Å². The number of hydrogen-bond donors (Lipinski definition) is 1. The molecule has 1 N–H and O–H groups in total. The minimum atomic E-state index is -0.483. The first-order valence-corrected chi connectivity index (χ1v) is 5.97. The number of fused-ring (bicyclic) bond motifs is 1. The van der Waals surface area contributed by atoms with Crippen LogP contribution in [-0.4, -0.2) is 16.6 Å². The second-order valence-corrected chi connectivity index (χ2v) is 4.27. The monoisotopic (exact) mass is 249 g/mol. The third kappa shape index (κ3) is 1.95. The summed E-state index contributed by atoms with van der Waals surface area (Å²) in [6, 6.07) is 16.0. The maximum Gasteiger partial charge on any atom is 0.235 e. The van der Waals surface area contributed by atoms with Crippen molar-refractivity contribution in [3.8, 4) is 0 Å². The SMILES string of the molecule is O=C(C(=O)c1c[nH]c2ccccc12)c1ccccc1. The number of nitrogens with one attached hydrogen (secondary N) is 1. The van der Waals surface area contributed by atoms with Gasteiger partial charge in [-0.05, 0) is 6.07 Å². The number of carbonyl (C=O) groups is 2. The molecule has 0 unspecified atom stereocenters. The molecule has 1 heterocycles. The maximum atomic E-state index is 12.3. The lowest BCUT2D eigenvalue weighted by Crippen LogP contribution is -2.13. The molecule has 0 atom stereocenters. The number of benzene rings is 2. The predicted octanol–water partition coefficient (Wildman–Crippen LogP) is 3.23. The van der Waals surface area contributed by atoms with Crippen LogP contribution in [0.5, 0.6) is 0 Å². The van der Waals surface area contributed by atoms with Gasteiger partial charge in [0.25, 0.3) is 0 Å². The van der Waals surface area contributed by atoms with Gasteiger partial charge in [-0.2, -0.15) is 0 Å². The summed E-state index contributed by atoms with van der Waals surface area (Å²) in [6.45, 7) is 0. The van der Waals surface area contributed by atoms with Crippen LogP contribution in [0.4, 0.5) is 0 Å². The average Bonchev–Trinajstić information content (AvgIpc) is 2.90. The minimum absolute atomic E-state index is 0.415. The number of Topliss-reactive ketones (excluding diaryl/α,β-unsaturated/α-hetero) is 2. The molecule has 19 heavy (non-hydrogen) atoms. The molecule has 3 rings (SSSR count). The van der Waals surface area contributed by atoms with Crippen LogP contribution < -0.4 is 0 Å². The Hall–Kier alpha value is -2.68. The van der Waals surface area contributed by atoms with E-state index in [1.165, 1.54) is 0 Å². The molecule has 0 aliphatic carbocycles. The summed E-state index contributed by atoms with van der Waals surface area (Å²) in [7, 11) is 0. The van der Waals surface area contributed by atoms with Crippen molar-refractivity contribution in [2.45, 2.75) is 0 Å². The number of aromatic nitrogens is 1. The van der Waals surface area contributed by atoms with Gasteiger partial charge in [-0.3, -0.25) is 9.59 Å². The summed E-state index contributed by atoms with van der Waals surface area (Å²) in [5.41, 5.74) is 1.69. The van der Waals surface area contributed by atoms with E-state index in [0.717, 1.165) is 10.9 Å². The van der Waals surface area contributed by atoms with Crippen molar-refractivity contribution in [1.82, 2.24) is 4.98 Å². The number of para-hydroxylation sites is 1. The van der Waals surface area contributed by atoms with Crippen LogP contribution in [0.15, 0.2) is 60.8 Å². The molecular formula is C16H11NO2. The van der Waals surface area contributed by atoms with Crippen LogP contribution in [-0.2, 0) is 0 Å². The smallest absolute Gasteiger partial charge is 0.235 e. The van der Waals surface area contributed by atoms with Gasteiger partial charge in [0.2, 0.25) is 11.6 Å². The van der Waals surface area contributed by atoms with Crippen molar-refractivity contribution in [2.75, 3.05) is 0 Å². The fourth-order valence-corrected chi connectivity index (χ4v) is 2.10. The van der Waals surface area contributed by atoms with E-state index in [-0.39, 0.29) is 0 Å². The summed E-state index contributed by atoms with van der Waals surface area (Å²) < 4.78 is 0. The van der Waals surface area contributed by atoms with Crippen LogP contribution >= 0.6 is 0 Å². The number of H-pyrrole nitrogens is 1. The Bertz CT molecular complexity index is 757. The van der Waals surface area contributed by atoms with Crippen molar-refractivity contribution in [2.24, 2.45) is 0 Å². The molecule has 0 saturated carbocycles. The summed E-state index contributed by atoms with van der Waals surface area (Å²) in [4.78, 5) is 27.4. The number of hydrogen-bond acceptors (Lipinski definition) is 2. The summed E-state index contributed by atoms with van der Waals surface area (Å²) in [6.07, 6.45) is 1.59. The van der Waals surface area contributed by atoms with Gasteiger partial charge < -0.3 is 4.98 Å². The lowest BCUT2D eigenvalue weighted by Gasteiger charge is -1.99. The number of carbonyl (C=O) groups excluding carboxylic acids is 2. The van der Waals surface area contributed by atoms with Gasteiger partial charge in [0.15, 0.2) is 0 Å². The first-order valence-electron chi connectivity index (χ1n) is 5.97. The van der Waals surface area contributed by atoms with Crippen molar-refractivity contribution in [3.05, 3.63) is 71.9 Å². The highest BCUT2D eigenvalue weighted by molar-refractivity contribution is 6.50. The Kier molecular flexibility index (Phi) is 2.72. The molecule has 0 fully saturated rings. The van der Waals surface area contributed by atoms with Crippen LogP contribution in [0, 0.1) is 0 Å². The summed E-state index contributed by atoms with van der Waals surface area (Å²) in [5.74, 6) is -0.964. The third-order valence-corrected chi connectivity index (χ3v) is 3.08. The van der Waals surface area contributed by atoms with E-state index in [4.69, 9.17) is 0 Å². The highest BCUT2D eigenvalue weighted by Crippen LogP contribution is 2.19. The molecule has 0 bridgehead atoms. The predicted molar refractivity (Wildman–Crippen MR) is 73.4 cm³/mol. The van der Waals surface area contributed by atoms with E-state index in [1.54, 1.807) is 30.5 Å². The average molecular weight is 249 g/mol. The molecular weight excluding hydrogens is 238 g/mol. The lowest BCUT2D eigenvalue weighted by atomic mass is 10.0. The van der Waals surface area contributed by atoms with Crippen LogP contribution in [0.1, 0.15) is 20.7 Å². The Morgan fingerprint density at radius 2 is 1.47 bits per heavy atom. The van der Waals surface area contributed by atoms with Gasteiger partial charge in [-0.25, -0.2) is 0 Å². The molecule has 0 aliphatic heterocycles. The molecule has 92 valence electrons. The Morgan fingerprint density at radius 1 is 0.789 bits per heavy atom. The Labute approximate surface area is 109 Å². The zero-order valence-electron chi connectivity index (χ0n) is 10.1. The maximum absolute atomic E-state index is 12.3. The van der Waals surface area contributed by atoms with E-state index in [9.17, 15) is 9.59 Å². The van der Waals surface area contributed by atoms with Gasteiger partial charge in [0, 0.05) is 22.7 Å². The molecule has 0 radical (unpaired) electrons. The molecule has 0 saturated heterocycles. The van der Waals surface area contributed by atoms with Crippen molar-refractivity contribution in [1.29, 1.82) is 0 Å². The molecule has 0 aliphatic rings. The number of ketones is 2. The van der Waals surface area contributed by atoms with E-state index < -0.39 is 11.6 Å². The van der Waals surface area contributed by atoms with Gasteiger partial charge in [-0.1, -0.05) is 48.5 Å². The lowest BCUT2D eigenvalue weighted by molar-refractivity contribution is 0.0818. The highest BCUT2D eigenvalue weighted by atomic mass is 16.2. The molecule has 3 heteroatoms. The fourth-order valence-electron chi connectivity index (χ4n) is 2.10. The highest BCUT2D eigenvalue weighted by Gasteiger charge is 2.20. The number of aromatic amines is 1. The Balaban J connectivity index is 2.03. The zero-order chi connectivity index (χ0) is 13.2. The van der Waals surface area contributed by atoms with Crippen LogP contribution in [0.3, 0.4) is 0 Å². The third-order valence-electron chi connectivity index (χ3n) is 3.08. The van der Waals surface area contributed by atoms with E-state index >= 15 is 0 Å². The Morgan fingerprint density at radius 3 is 2.26 bits per heavy atom. The molecule has 1 aromatic heterocycles. The molecule has 0 spiro atoms. The first kappa shape index (κ1) is 11.4. The van der Waals surface area contributed by atoms with Gasteiger partial charge in [-0.15, -0.1) is 0 Å². The minimum Gasteiger partial charge on any atom is -0.360 e. The summed E-state index contributed by atoms with van der Waals surface area (Å²) in [5, 5.41) is 0.775. The largest absolute Gasteiger partial charge is 0.360 e. The fraction of sp³-hybridized carbons (Fsp3) is 0. The standard InChI is InChI=1S/C16H11NO2/c18-15(11-6-2-1-3-7-11)16(19)13-10-17-14-9-5-4-8-12(13)14/h1-10,17H. The molecule has 2 aromatic carbocycles. The van der Waals surface area contributed by atoms with Crippen molar-refractivity contribution < 1.29 is 9.59 Å². The van der Waals surface area contributed by atoms with Crippen LogP contribution in [0.2, 0.25) is 0 Å². The molecule has 3 aromatic rings. The first-order chi connectivity index (χ1) is 9.27. The summed E-state index contributed by atoms with van der Waals surface area (Å²) >= 11 is 0. The number of rotatable bonds is 3. The quantitative estimate of drug-likeness (QED) is 0.572. The van der Waals surface area contributed by atoms with Crippen LogP contribution in [0.25, 0.3) is 10.9 Å². The van der Waals surface area contributed by atoms with Gasteiger partial charge in [0.05, 0.1) is 5.56 Å². The normalized spacial score (nSPS) is 10.5. The van der Waals surface area contributed by atoms with E-state index in [0.29, 0.717) is 11.1 Å². The zero-order valence-corrected chi connectivity index (χ0v) is 10.1. The second-order valence-electron chi connectivity index (χ2n) is 4.27. The van der Waals surface area contributed by atoms with Gasteiger partial charge >= 0.3 is 0 Å². The van der Waals surface area contributed by atoms with Gasteiger partial charge in [0.1, 0.15) is 0 Å². The van der Waals surface area contributed by atoms with Crippen molar-refractivity contribution in [3.63, 3.8) is 0 Å².